The maximum atomic E-state index is 10.2. The maximum absolute atomic E-state index is 10.2. The van der Waals surface area contributed by atoms with Gasteiger partial charge in [-0.1, -0.05) is 20.8 Å². The predicted molar refractivity (Wildman–Crippen MR) is 51.5 cm³/mol. The second-order valence-corrected chi connectivity index (χ2v) is 4.12. The molecule has 0 saturated heterocycles. The Hall–Kier alpha value is -0.280. The van der Waals surface area contributed by atoms with Crippen molar-refractivity contribution in [2.75, 3.05) is 0 Å². The predicted octanol–water partition coefficient (Wildman–Crippen LogP) is 1.65. The van der Waals surface area contributed by atoms with Crippen molar-refractivity contribution in [2.24, 2.45) is 11.1 Å². The van der Waals surface area contributed by atoms with Gasteiger partial charge in [-0.05, 0) is 11.8 Å². The third-order valence-corrected chi connectivity index (χ3v) is 1.31. The van der Waals surface area contributed by atoms with Crippen molar-refractivity contribution in [3.05, 3.63) is 0 Å². The summed E-state index contributed by atoms with van der Waals surface area (Å²) in [6, 6.07) is -0.215. The Morgan fingerprint density at radius 1 is 1.50 bits per heavy atom. The van der Waals surface area contributed by atoms with Crippen LogP contribution in [0.1, 0.15) is 33.6 Å². The summed E-state index contributed by atoms with van der Waals surface area (Å²) in [7, 11) is 0. The summed E-state index contributed by atoms with van der Waals surface area (Å²) < 4.78 is 0. The highest BCUT2D eigenvalue weighted by Crippen LogP contribution is 2.20. The van der Waals surface area contributed by atoms with Crippen molar-refractivity contribution < 1.29 is 9.90 Å². The van der Waals surface area contributed by atoms with Gasteiger partial charge in [0.05, 0.1) is 6.42 Å². The van der Waals surface area contributed by atoms with Crippen LogP contribution < -0.4 is 5.73 Å². The molecule has 0 amide bonds. The molecule has 0 spiro atoms. The lowest BCUT2D eigenvalue weighted by atomic mass is 9.87. The monoisotopic (exact) mass is 195 g/mol. The molecular formula is C8H18ClNO2. The van der Waals surface area contributed by atoms with E-state index in [4.69, 9.17) is 10.8 Å². The van der Waals surface area contributed by atoms with Crippen LogP contribution in [-0.2, 0) is 4.79 Å². The molecule has 4 heteroatoms. The highest BCUT2D eigenvalue weighted by Gasteiger charge is 2.17. The zero-order chi connectivity index (χ0) is 9.07. The molecule has 0 aromatic carbocycles. The van der Waals surface area contributed by atoms with Crippen molar-refractivity contribution in [1.29, 1.82) is 0 Å². The Morgan fingerprint density at radius 3 is 2.17 bits per heavy atom. The third-order valence-electron chi connectivity index (χ3n) is 1.31. The van der Waals surface area contributed by atoms with Gasteiger partial charge in [-0.2, -0.15) is 0 Å². The van der Waals surface area contributed by atoms with Crippen molar-refractivity contribution >= 4 is 18.4 Å². The van der Waals surface area contributed by atoms with Crippen LogP contribution in [0.4, 0.5) is 0 Å². The topological polar surface area (TPSA) is 63.3 Å². The minimum atomic E-state index is -0.818. The molecule has 0 saturated carbocycles. The van der Waals surface area contributed by atoms with E-state index in [2.05, 4.69) is 20.8 Å². The van der Waals surface area contributed by atoms with Crippen LogP contribution in [0.15, 0.2) is 0 Å². The van der Waals surface area contributed by atoms with Gasteiger partial charge in [0, 0.05) is 6.04 Å². The fraction of sp³-hybridized carbons (Fsp3) is 0.875. The Morgan fingerprint density at radius 2 is 1.92 bits per heavy atom. The first-order chi connectivity index (χ1) is 4.81. The highest BCUT2D eigenvalue weighted by atomic mass is 35.5. The van der Waals surface area contributed by atoms with E-state index in [0.717, 1.165) is 6.42 Å². The molecule has 0 aliphatic carbocycles. The van der Waals surface area contributed by atoms with E-state index in [1.165, 1.54) is 0 Å². The minimum Gasteiger partial charge on any atom is -0.481 e. The number of rotatable bonds is 3. The van der Waals surface area contributed by atoms with Crippen LogP contribution in [-0.4, -0.2) is 17.1 Å². The van der Waals surface area contributed by atoms with E-state index < -0.39 is 5.97 Å². The van der Waals surface area contributed by atoms with Crippen molar-refractivity contribution in [3.63, 3.8) is 0 Å². The second-order valence-electron chi connectivity index (χ2n) is 4.12. The Kier molecular flexibility index (Phi) is 6.39. The Balaban J connectivity index is 0. The molecule has 0 aliphatic heterocycles. The molecule has 0 unspecified atom stereocenters. The van der Waals surface area contributed by atoms with Gasteiger partial charge in [0.15, 0.2) is 0 Å². The van der Waals surface area contributed by atoms with Gasteiger partial charge in [0.2, 0.25) is 0 Å². The van der Waals surface area contributed by atoms with E-state index >= 15 is 0 Å². The highest BCUT2D eigenvalue weighted by molar-refractivity contribution is 5.85. The molecule has 1 atom stereocenters. The van der Waals surface area contributed by atoms with Crippen LogP contribution in [0.5, 0.6) is 0 Å². The summed E-state index contributed by atoms with van der Waals surface area (Å²) in [5, 5.41) is 8.40. The zero-order valence-electron chi connectivity index (χ0n) is 7.83. The molecule has 0 heterocycles. The first kappa shape index (κ1) is 14.3. The Labute approximate surface area is 79.7 Å². The van der Waals surface area contributed by atoms with Gasteiger partial charge in [0.1, 0.15) is 0 Å². The molecule has 12 heavy (non-hydrogen) atoms. The van der Waals surface area contributed by atoms with Crippen molar-refractivity contribution in [1.82, 2.24) is 0 Å². The molecule has 0 radical (unpaired) electrons. The first-order valence-corrected chi connectivity index (χ1v) is 3.78. The fourth-order valence-electron chi connectivity index (χ4n) is 1.08. The van der Waals surface area contributed by atoms with E-state index in [-0.39, 0.29) is 30.3 Å². The van der Waals surface area contributed by atoms with Gasteiger partial charge in [-0.3, -0.25) is 4.79 Å². The first-order valence-electron chi connectivity index (χ1n) is 3.78. The summed E-state index contributed by atoms with van der Waals surface area (Å²) in [5.74, 6) is -0.818. The van der Waals surface area contributed by atoms with Crippen molar-refractivity contribution in [2.45, 2.75) is 39.7 Å². The second kappa shape index (κ2) is 5.38. The standard InChI is InChI=1S/C8H17NO2.ClH/c1-8(2,3)5-6(9)4-7(10)11;/h6H,4-5,9H2,1-3H3,(H,10,11);1H/t6-;/m0./s1. The number of carboxylic acid groups (broad SMARTS) is 1. The van der Waals surface area contributed by atoms with E-state index in [0.29, 0.717) is 0 Å². The Bertz CT molecular complexity index is 142. The summed E-state index contributed by atoms with van der Waals surface area (Å²) in [5.41, 5.74) is 5.70. The average molecular weight is 196 g/mol. The van der Waals surface area contributed by atoms with Gasteiger partial charge >= 0.3 is 5.97 Å². The lowest BCUT2D eigenvalue weighted by molar-refractivity contribution is -0.137. The minimum absolute atomic E-state index is 0. The van der Waals surface area contributed by atoms with Gasteiger partial charge in [-0.25, -0.2) is 0 Å². The molecule has 3 N–H and O–H groups in total. The summed E-state index contributed by atoms with van der Waals surface area (Å²) in [6.07, 6.45) is 0.816. The van der Waals surface area contributed by atoms with Crippen molar-refractivity contribution in [3.8, 4) is 0 Å². The lowest BCUT2D eigenvalue weighted by Crippen LogP contribution is -2.28. The molecule has 3 nitrogen and oxygen atoms in total. The normalized spacial score (nSPS) is 13.3. The number of halogens is 1. The number of carbonyl (C=O) groups is 1. The van der Waals surface area contributed by atoms with Gasteiger partial charge < -0.3 is 10.8 Å². The number of aliphatic carboxylic acids is 1. The van der Waals surface area contributed by atoms with Gasteiger partial charge in [0.25, 0.3) is 0 Å². The number of hydrogen-bond donors (Lipinski definition) is 2. The van der Waals surface area contributed by atoms with Crippen LogP contribution in [0.2, 0.25) is 0 Å². The quantitative estimate of drug-likeness (QED) is 0.720. The summed E-state index contributed by atoms with van der Waals surface area (Å²) >= 11 is 0. The number of carboxylic acids is 1. The summed E-state index contributed by atoms with van der Waals surface area (Å²) in [6.45, 7) is 6.15. The number of nitrogens with two attached hydrogens (primary N) is 1. The smallest absolute Gasteiger partial charge is 0.304 e. The van der Waals surface area contributed by atoms with E-state index in [9.17, 15) is 4.79 Å². The SMILES string of the molecule is CC(C)(C)C[C@@H](N)CC(=O)O.Cl. The van der Waals surface area contributed by atoms with Crippen LogP contribution >= 0.6 is 12.4 Å². The van der Waals surface area contributed by atoms with Crippen LogP contribution in [0.25, 0.3) is 0 Å². The van der Waals surface area contributed by atoms with E-state index in [1.54, 1.807) is 0 Å². The molecule has 0 bridgehead atoms. The molecule has 74 valence electrons. The number of hydrogen-bond acceptors (Lipinski definition) is 2. The average Bonchev–Trinajstić information content (AvgIpc) is 1.53. The zero-order valence-corrected chi connectivity index (χ0v) is 8.65. The molecular weight excluding hydrogens is 178 g/mol. The molecule has 0 aromatic rings. The summed E-state index contributed by atoms with van der Waals surface area (Å²) in [4.78, 5) is 10.2. The molecule has 0 rings (SSSR count). The molecule has 0 aromatic heterocycles. The molecule has 0 fully saturated rings. The van der Waals surface area contributed by atoms with Crippen LogP contribution in [0, 0.1) is 5.41 Å². The fourth-order valence-corrected chi connectivity index (χ4v) is 1.08. The van der Waals surface area contributed by atoms with Gasteiger partial charge in [-0.15, -0.1) is 12.4 Å². The molecule has 0 aliphatic rings. The largest absolute Gasteiger partial charge is 0.481 e. The van der Waals surface area contributed by atoms with E-state index in [1.807, 2.05) is 0 Å². The lowest BCUT2D eigenvalue weighted by Gasteiger charge is -2.21. The maximum Gasteiger partial charge on any atom is 0.304 e. The van der Waals surface area contributed by atoms with Crippen LogP contribution in [0.3, 0.4) is 0 Å². The third kappa shape index (κ3) is 9.72.